The Labute approximate surface area is 163 Å². The van der Waals surface area contributed by atoms with Gasteiger partial charge in [-0.15, -0.1) is 0 Å². The van der Waals surface area contributed by atoms with E-state index in [9.17, 15) is 9.59 Å². The molecule has 1 N–H and O–H groups in total. The molecule has 3 aromatic rings. The van der Waals surface area contributed by atoms with E-state index < -0.39 is 0 Å². The lowest BCUT2D eigenvalue weighted by Gasteiger charge is -2.16. The van der Waals surface area contributed by atoms with Crippen LogP contribution in [-0.2, 0) is 22.6 Å². The molecule has 4 rings (SSSR count). The molecule has 1 aromatic heterocycles. The lowest BCUT2D eigenvalue weighted by molar-refractivity contribution is -0.125. The first-order valence-electron chi connectivity index (χ1n) is 9.28. The number of carbonyl (C=O) groups excluding carboxylic acids is 2. The first-order valence-corrected chi connectivity index (χ1v) is 9.28. The summed E-state index contributed by atoms with van der Waals surface area (Å²) in [4.78, 5) is 29.9. The van der Waals surface area contributed by atoms with E-state index in [-0.39, 0.29) is 11.8 Å². The number of aryl methyl sites for hydroxylation is 1. The van der Waals surface area contributed by atoms with Crippen molar-refractivity contribution < 1.29 is 9.59 Å². The van der Waals surface area contributed by atoms with Gasteiger partial charge in [0.25, 0.3) is 0 Å². The summed E-state index contributed by atoms with van der Waals surface area (Å²) in [5.74, 6) is 0.543. The first kappa shape index (κ1) is 17.9. The molecule has 0 spiro atoms. The van der Waals surface area contributed by atoms with Gasteiger partial charge >= 0.3 is 0 Å². The number of amides is 2. The number of nitrogens with zero attached hydrogens (tertiary/aromatic N) is 2. The van der Waals surface area contributed by atoms with Gasteiger partial charge in [-0.2, -0.15) is 0 Å². The Morgan fingerprint density at radius 3 is 2.82 bits per heavy atom. The molecular weight excluding hydrogens is 350 g/mol. The Balaban J connectivity index is 1.43. The van der Waals surface area contributed by atoms with Gasteiger partial charge in [-0.1, -0.05) is 36.4 Å². The third-order valence-corrected chi connectivity index (χ3v) is 4.90. The molecule has 0 unspecified atom stereocenters. The maximum atomic E-state index is 12.5. The van der Waals surface area contributed by atoms with Crippen molar-refractivity contribution in [1.82, 2.24) is 9.88 Å². The van der Waals surface area contributed by atoms with E-state index in [1.165, 1.54) is 10.8 Å². The highest BCUT2D eigenvalue weighted by Crippen LogP contribution is 2.21. The average Bonchev–Trinajstić information content (AvgIpc) is 2.71. The number of pyridine rings is 1. The van der Waals surface area contributed by atoms with Crippen molar-refractivity contribution in [1.29, 1.82) is 0 Å². The molecule has 0 atom stereocenters. The van der Waals surface area contributed by atoms with E-state index in [1.54, 1.807) is 30.3 Å². The van der Waals surface area contributed by atoms with E-state index in [1.807, 2.05) is 18.2 Å². The number of likely N-dealkylation sites (N-methyl/N-ethyl adjacent to an activating group) is 1. The molecule has 0 saturated heterocycles. The smallest absolute Gasteiger partial charge is 0.246 e. The Morgan fingerprint density at radius 2 is 1.96 bits per heavy atom. The van der Waals surface area contributed by atoms with Crippen LogP contribution in [-0.4, -0.2) is 28.7 Å². The summed E-state index contributed by atoms with van der Waals surface area (Å²) < 4.78 is 0. The highest BCUT2D eigenvalue weighted by atomic mass is 16.2. The van der Waals surface area contributed by atoms with Crippen molar-refractivity contribution in [3.8, 4) is 0 Å². The zero-order valence-corrected chi connectivity index (χ0v) is 15.7. The van der Waals surface area contributed by atoms with E-state index in [2.05, 4.69) is 40.6 Å². The van der Waals surface area contributed by atoms with Crippen LogP contribution in [0.15, 0.2) is 60.8 Å². The van der Waals surface area contributed by atoms with Crippen molar-refractivity contribution in [2.75, 3.05) is 12.4 Å². The summed E-state index contributed by atoms with van der Waals surface area (Å²) in [5.41, 5.74) is 2.94. The van der Waals surface area contributed by atoms with Crippen LogP contribution < -0.4 is 5.32 Å². The Morgan fingerprint density at radius 1 is 1.14 bits per heavy atom. The van der Waals surface area contributed by atoms with Crippen molar-refractivity contribution in [3.63, 3.8) is 0 Å². The van der Waals surface area contributed by atoms with Gasteiger partial charge in [-0.3, -0.25) is 9.59 Å². The number of benzene rings is 2. The fourth-order valence-electron chi connectivity index (χ4n) is 3.35. The quantitative estimate of drug-likeness (QED) is 0.710. The monoisotopic (exact) mass is 371 g/mol. The number of nitrogens with one attached hydrogen (secondary N) is 1. The predicted octanol–water partition coefficient (Wildman–Crippen LogP) is 3.79. The minimum atomic E-state index is -0.0702. The van der Waals surface area contributed by atoms with Crippen LogP contribution in [0.25, 0.3) is 16.8 Å². The summed E-state index contributed by atoms with van der Waals surface area (Å²) in [6, 6.07) is 16.4. The van der Waals surface area contributed by atoms with Crippen molar-refractivity contribution in [3.05, 3.63) is 77.5 Å². The molecule has 2 amide bonds. The normalized spacial score (nSPS) is 13.4. The zero-order chi connectivity index (χ0) is 19.5. The number of carbonyl (C=O) groups is 2. The SMILES string of the molecule is CN(Cc1ccc2ccccc2c1)C(=O)C=Cc1cnc2c(c1)CCC(=O)N2. The van der Waals surface area contributed by atoms with Crippen LogP contribution in [0.1, 0.15) is 23.1 Å². The molecule has 0 saturated carbocycles. The molecule has 2 aromatic carbocycles. The van der Waals surface area contributed by atoms with E-state index >= 15 is 0 Å². The lowest BCUT2D eigenvalue weighted by atomic mass is 10.0. The fourth-order valence-corrected chi connectivity index (χ4v) is 3.35. The van der Waals surface area contributed by atoms with Crippen LogP contribution in [0, 0.1) is 0 Å². The fraction of sp³-hybridized carbons (Fsp3) is 0.174. The largest absolute Gasteiger partial charge is 0.338 e. The van der Waals surface area contributed by atoms with Crippen molar-refractivity contribution >= 4 is 34.5 Å². The second-order valence-electron chi connectivity index (χ2n) is 7.03. The van der Waals surface area contributed by atoms with E-state index in [0.29, 0.717) is 25.2 Å². The third-order valence-electron chi connectivity index (χ3n) is 4.90. The molecule has 140 valence electrons. The van der Waals surface area contributed by atoms with Crippen molar-refractivity contribution in [2.45, 2.75) is 19.4 Å². The Hall–Kier alpha value is -3.47. The molecule has 0 radical (unpaired) electrons. The Bertz CT molecular complexity index is 1090. The van der Waals surface area contributed by atoms with Crippen LogP contribution in [0.2, 0.25) is 0 Å². The topological polar surface area (TPSA) is 62.3 Å². The van der Waals surface area contributed by atoms with Crippen LogP contribution in [0.5, 0.6) is 0 Å². The predicted molar refractivity (Wildman–Crippen MR) is 111 cm³/mol. The highest BCUT2D eigenvalue weighted by molar-refractivity contribution is 5.94. The van der Waals surface area contributed by atoms with Crippen LogP contribution >= 0.6 is 0 Å². The summed E-state index contributed by atoms with van der Waals surface area (Å²) in [5, 5.41) is 5.12. The van der Waals surface area contributed by atoms with Gasteiger partial charge in [0.1, 0.15) is 5.82 Å². The summed E-state index contributed by atoms with van der Waals surface area (Å²) in [7, 11) is 1.79. The van der Waals surface area contributed by atoms with Crippen LogP contribution in [0.4, 0.5) is 5.82 Å². The third kappa shape index (κ3) is 3.93. The maximum absolute atomic E-state index is 12.5. The number of anilines is 1. The average molecular weight is 371 g/mol. The number of aromatic nitrogens is 1. The van der Waals surface area contributed by atoms with Gasteiger partial charge in [0, 0.05) is 32.3 Å². The minimum absolute atomic E-state index is 0.00575. The van der Waals surface area contributed by atoms with Gasteiger partial charge in [-0.25, -0.2) is 4.98 Å². The van der Waals surface area contributed by atoms with Gasteiger partial charge in [0.15, 0.2) is 0 Å². The van der Waals surface area contributed by atoms with Gasteiger partial charge < -0.3 is 10.2 Å². The highest BCUT2D eigenvalue weighted by Gasteiger charge is 2.15. The molecule has 28 heavy (non-hydrogen) atoms. The van der Waals surface area contributed by atoms with E-state index in [0.717, 1.165) is 16.7 Å². The maximum Gasteiger partial charge on any atom is 0.246 e. The molecule has 1 aliphatic heterocycles. The Kier molecular flexibility index (Phi) is 4.89. The molecule has 0 aliphatic carbocycles. The summed E-state index contributed by atoms with van der Waals surface area (Å²) in [6.45, 7) is 0.544. The van der Waals surface area contributed by atoms with Crippen molar-refractivity contribution in [2.24, 2.45) is 0 Å². The summed E-state index contributed by atoms with van der Waals surface area (Å²) >= 11 is 0. The molecule has 5 heteroatoms. The standard InChI is InChI=1S/C23H21N3O2/c1-26(15-17-6-8-18-4-2-3-5-19(18)13-17)22(28)11-7-16-12-20-9-10-21(27)25-23(20)24-14-16/h2-8,11-14H,9-10,15H2,1H3,(H,24,25,27). The molecule has 0 fully saturated rings. The molecule has 1 aliphatic rings. The lowest BCUT2D eigenvalue weighted by Crippen LogP contribution is -2.24. The molecular formula is C23H21N3O2. The minimum Gasteiger partial charge on any atom is -0.338 e. The number of rotatable bonds is 4. The second-order valence-corrected chi connectivity index (χ2v) is 7.03. The van der Waals surface area contributed by atoms with Gasteiger partial charge in [0.2, 0.25) is 11.8 Å². The van der Waals surface area contributed by atoms with Crippen LogP contribution in [0.3, 0.4) is 0 Å². The number of fused-ring (bicyclic) bond motifs is 2. The molecule has 0 bridgehead atoms. The van der Waals surface area contributed by atoms with E-state index in [4.69, 9.17) is 0 Å². The number of hydrogen-bond donors (Lipinski definition) is 1. The zero-order valence-electron chi connectivity index (χ0n) is 15.7. The van der Waals surface area contributed by atoms with Gasteiger partial charge in [0.05, 0.1) is 0 Å². The first-order chi connectivity index (χ1) is 13.6. The number of hydrogen-bond acceptors (Lipinski definition) is 3. The molecule has 5 nitrogen and oxygen atoms in total. The second kappa shape index (κ2) is 7.64. The van der Waals surface area contributed by atoms with Gasteiger partial charge in [-0.05, 0) is 52.1 Å². The molecule has 2 heterocycles. The summed E-state index contributed by atoms with van der Waals surface area (Å²) in [6.07, 6.45) is 6.13.